The molecule has 82 valence electrons. The zero-order chi connectivity index (χ0) is 10.6. The van der Waals surface area contributed by atoms with Crippen molar-refractivity contribution in [2.75, 3.05) is 19.7 Å². The van der Waals surface area contributed by atoms with Crippen LogP contribution in [-0.2, 0) is 4.74 Å². The Morgan fingerprint density at radius 2 is 2.36 bits per heavy atom. The quantitative estimate of drug-likeness (QED) is 0.700. The predicted molar refractivity (Wildman–Crippen MR) is 62.5 cm³/mol. The molecule has 1 aliphatic rings. The van der Waals surface area contributed by atoms with Crippen molar-refractivity contribution < 1.29 is 4.74 Å². The van der Waals surface area contributed by atoms with Gasteiger partial charge >= 0.3 is 0 Å². The summed E-state index contributed by atoms with van der Waals surface area (Å²) >= 11 is 5.03. The Balaban J connectivity index is 2.26. The molecule has 1 aliphatic heterocycles. The van der Waals surface area contributed by atoms with E-state index in [1.165, 1.54) is 6.42 Å². The van der Waals surface area contributed by atoms with E-state index in [0.29, 0.717) is 17.1 Å². The van der Waals surface area contributed by atoms with Crippen molar-refractivity contribution >= 4 is 17.2 Å². The molecular weight excluding hydrogens is 196 g/mol. The molecule has 1 rings (SSSR count). The summed E-state index contributed by atoms with van der Waals surface area (Å²) in [6, 6.07) is 0.306. The first-order valence-electron chi connectivity index (χ1n) is 5.26. The molecule has 1 atom stereocenters. The van der Waals surface area contributed by atoms with Crippen LogP contribution in [0.3, 0.4) is 0 Å². The molecule has 0 bridgehead atoms. The molecule has 0 aromatic heterocycles. The number of hydrogen-bond acceptors (Lipinski definition) is 3. The van der Waals surface area contributed by atoms with Crippen molar-refractivity contribution in [3.63, 3.8) is 0 Å². The molecule has 2 N–H and O–H groups in total. The summed E-state index contributed by atoms with van der Waals surface area (Å²) in [6.07, 6.45) is 2.61. The lowest BCUT2D eigenvalue weighted by atomic mass is 10.2. The van der Waals surface area contributed by atoms with Crippen molar-refractivity contribution in [3.8, 4) is 0 Å². The van der Waals surface area contributed by atoms with Crippen LogP contribution < -0.4 is 5.73 Å². The Hall–Kier alpha value is -0.190. The van der Waals surface area contributed by atoms with Gasteiger partial charge in [-0.1, -0.05) is 12.2 Å². The molecule has 0 aromatic rings. The summed E-state index contributed by atoms with van der Waals surface area (Å²) in [5, 5.41) is 0. The highest BCUT2D eigenvalue weighted by atomic mass is 32.1. The van der Waals surface area contributed by atoms with Crippen LogP contribution in [0.2, 0.25) is 0 Å². The van der Waals surface area contributed by atoms with Gasteiger partial charge < -0.3 is 10.5 Å². The molecule has 1 unspecified atom stereocenters. The lowest BCUT2D eigenvalue weighted by Gasteiger charge is -2.23. The highest BCUT2D eigenvalue weighted by molar-refractivity contribution is 7.80. The predicted octanol–water partition coefficient (Wildman–Crippen LogP) is 1.16. The average Bonchev–Trinajstić information content (AvgIpc) is 2.51. The molecule has 0 amide bonds. The van der Waals surface area contributed by atoms with Crippen LogP contribution in [0.25, 0.3) is 0 Å². The maximum atomic E-state index is 5.67. The average molecular weight is 216 g/mol. The minimum Gasteiger partial charge on any atom is -0.392 e. The summed E-state index contributed by atoms with van der Waals surface area (Å²) in [5.74, 6) is 0. The zero-order valence-corrected chi connectivity index (χ0v) is 9.85. The van der Waals surface area contributed by atoms with Gasteiger partial charge in [-0.2, -0.15) is 0 Å². The van der Waals surface area contributed by atoms with Gasteiger partial charge in [0.05, 0.1) is 23.7 Å². The molecule has 0 aliphatic carbocycles. The monoisotopic (exact) mass is 216 g/mol. The molecule has 1 saturated heterocycles. The SMILES string of the molecule is CC(C)OCCN1CCCC1C(N)=S. The third-order valence-corrected chi connectivity index (χ3v) is 2.79. The van der Waals surface area contributed by atoms with Crippen LogP contribution in [0.1, 0.15) is 26.7 Å². The molecule has 4 heteroatoms. The van der Waals surface area contributed by atoms with E-state index >= 15 is 0 Å². The van der Waals surface area contributed by atoms with Crippen LogP contribution >= 0.6 is 12.2 Å². The highest BCUT2D eigenvalue weighted by Crippen LogP contribution is 2.16. The van der Waals surface area contributed by atoms with Gasteiger partial charge in [-0.3, -0.25) is 4.90 Å². The Kier molecular flexibility index (Phi) is 4.78. The fraction of sp³-hybridized carbons (Fsp3) is 0.900. The molecule has 14 heavy (non-hydrogen) atoms. The summed E-state index contributed by atoms with van der Waals surface area (Å²) in [5.41, 5.74) is 5.67. The summed E-state index contributed by atoms with van der Waals surface area (Å²) in [6.45, 7) is 6.92. The van der Waals surface area contributed by atoms with E-state index in [2.05, 4.69) is 18.7 Å². The number of hydrogen-bond donors (Lipinski definition) is 1. The van der Waals surface area contributed by atoms with E-state index in [-0.39, 0.29) is 0 Å². The molecule has 3 nitrogen and oxygen atoms in total. The lowest BCUT2D eigenvalue weighted by molar-refractivity contribution is 0.0607. The van der Waals surface area contributed by atoms with Crippen molar-refractivity contribution in [1.82, 2.24) is 4.90 Å². The molecule has 0 aromatic carbocycles. The Morgan fingerprint density at radius 1 is 1.64 bits per heavy atom. The van der Waals surface area contributed by atoms with Gasteiger partial charge in [0, 0.05) is 6.54 Å². The van der Waals surface area contributed by atoms with Gasteiger partial charge in [-0.15, -0.1) is 0 Å². The van der Waals surface area contributed by atoms with Gasteiger partial charge in [-0.05, 0) is 33.2 Å². The summed E-state index contributed by atoms with van der Waals surface area (Å²) in [7, 11) is 0. The van der Waals surface area contributed by atoms with E-state index in [4.69, 9.17) is 22.7 Å². The fourth-order valence-electron chi connectivity index (χ4n) is 1.82. The number of likely N-dealkylation sites (tertiary alicyclic amines) is 1. The number of rotatable bonds is 5. The fourth-order valence-corrected chi connectivity index (χ4v) is 2.09. The van der Waals surface area contributed by atoms with Crippen molar-refractivity contribution in [2.45, 2.75) is 38.8 Å². The van der Waals surface area contributed by atoms with Gasteiger partial charge in [0.1, 0.15) is 0 Å². The third kappa shape index (κ3) is 3.52. The number of thiocarbonyl (C=S) groups is 1. The smallest absolute Gasteiger partial charge is 0.0902 e. The first-order chi connectivity index (χ1) is 6.61. The molecule has 0 radical (unpaired) electrons. The summed E-state index contributed by atoms with van der Waals surface area (Å²) in [4.78, 5) is 2.96. The van der Waals surface area contributed by atoms with Crippen molar-refractivity contribution in [2.24, 2.45) is 5.73 Å². The minimum absolute atomic E-state index is 0.306. The Labute approximate surface area is 91.6 Å². The van der Waals surface area contributed by atoms with E-state index in [0.717, 1.165) is 26.1 Å². The van der Waals surface area contributed by atoms with Crippen LogP contribution in [0.4, 0.5) is 0 Å². The van der Waals surface area contributed by atoms with Crippen LogP contribution in [0.5, 0.6) is 0 Å². The van der Waals surface area contributed by atoms with E-state index < -0.39 is 0 Å². The van der Waals surface area contributed by atoms with Crippen LogP contribution in [-0.4, -0.2) is 41.7 Å². The third-order valence-electron chi connectivity index (χ3n) is 2.52. The van der Waals surface area contributed by atoms with Gasteiger partial charge in [0.2, 0.25) is 0 Å². The first kappa shape index (κ1) is 11.9. The van der Waals surface area contributed by atoms with Crippen molar-refractivity contribution in [3.05, 3.63) is 0 Å². The number of nitrogens with zero attached hydrogens (tertiary/aromatic N) is 1. The van der Waals surface area contributed by atoms with Gasteiger partial charge in [0.15, 0.2) is 0 Å². The molecular formula is C10H20N2OS. The van der Waals surface area contributed by atoms with Crippen LogP contribution in [0, 0.1) is 0 Å². The second kappa shape index (κ2) is 5.63. The number of nitrogens with two attached hydrogens (primary N) is 1. The minimum atomic E-state index is 0.306. The highest BCUT2D eigenvalue weighted by Gasteiger charge is 2.25. The first-order valence-corrected chi connectivity index (χ1v) is 5.67. The topological polar surface area (TPSA) is 38.5 Å². The zero-order valence-electron chi connectivity index (χ0n) is 9.03. The Morgan fingerprint density at radius 3 is 2.93 bits per heavy atom. The lowest BCUT2D eigenvalue weighted by Crippen LogP contribution is -2.40. The van der Waals surface area contributed by atoms with Crippen LogP contribution in [0.15, 0.2) is 0 Å². The maximum Gasteiger partial charge on any atom is 0.0902 e. The van der Waals surface area contributed by atoms with E-state index in [1.807, 2.05) is 0 Å². The van der Waals surface area contributed by atoms with Gasteiger partial charge in [-0.25, -0.2) is 0 Å². The second-order valence-corrected chi connectivity index (χ2v) is 4.49. The molecule has 1 fully saturated rings. The number of ether oxygens (including phenoxy) is 1. The Bertz CT molecular complexity index is 197. The largest absolute Gasteiger partial charge is 0.392 e. The maximum absolute atomic E-state index is 5.67. The normalized spacial score (nSPS) is 23.2. The van der Waals surface area contributed by atoms with E-state index in [1.54, 1.807) is 0 Å². The summed E-state index contributed by atoms with van der Waals surface area (Å²) < 4.78 is 5.51. The molecule has 1 heterocycles. The molecule has 0 spiro atoms. The molecule has 0 saturated carbocycles. The van der Waals surface area contributed by atoms with E-state index in [9.17, 15) is 0 Å². The van der Waals surface area contributed by atoms with Crippen molar-refractivity contribution in [1.29, 1.82) is 0 Å². The van der Waals surface area contributed by atoms with Gasteiger partial charge in [0.25, 0.3) is 0 Å². The standard InChI is InChI=1S/C10H20N2OS/c1-8(2)13-7-6-12-5-3-4-9(12)10(11)14/h8-9H,3-7H2,1-2H3,(H2,11,14). The second-order valence-electron chi connectivity index (χ2n) is 4.02.